The van der Waals surface area contributed by atoms with Crippen molar-refractivity contribution in [3.05, 3.63) is 12.4 Å². The minimum atomic E-state index is 0.246. The third-order valence-electron chi connectivity index (χ3n) is 3.60. The van der Waals surface area contributed by atoms with Crippen LogP contribution in [0.2, 0.25) is 0 Å². The maximum Gasteiger partial charge on any atom is 0.203 e. The molecule has 1 aromatic heterocycles. The molecule has 2 rings (SSSR count). The molecule has 1 heterocycles. The number of rotatable bonds is 3. The zero-order valence-electron chi connectivity index (χ0n) is 10.7. The molecular formula is C13H23N3. The second kappa shape index (κ2) is 4.48. The van der Waals surface area contributed by atoms with Crippen LogP contribution in [0.3, 0.4) is 0 Å². The predicted molar refractivity (Wildman–Crippen MR) is 67.7 cm³/mol. The van der Waals surface area contributed by atoms with Crippen molar-refractivity contribution in [1.29, 1.82) is 0 Å². The van der Waals surface area contributed by atoms with Crippen molar-refractivity contribution in [2.45, 2.75) is 64.5 Å². The quantitative estimate of drug-likeness (QED) is 0.845. The SMILES string of the molecule is CC(C)n1ccnc1NC1(C)CCCCC1. The lowest BCUT2D eigenvalue weighted by Gasteiger charge is -2.35. The Morgan fingerprint density at radius 1 is 1.31 bits per heavy atom. The summed E-state index contributed by atoms with van der Waals surface area (Å²) in [5.41, 5.74) is 0.246. The maximum absolute atomic E-state index is 4.43. The summed E-state index contributed by atoms with van der Waals surface area (Å²) in [5, 5.41) is 3.64. The van der Waals surface area contributed by atoms with Crippen LogP contribution in [0, 0.1) is 0 Å². The molecule has 1 aliphatic carbocycles. The van der Waals surface area contributed by atoms with Crippen LogP contribution < -0.4 is 5.32 Å². The van der Waals surface area contributed by atoms with E-state index < -0.39 is 0 Å². The standard InChI is InChI=1S/C13H23N3/c1-11(2)16-10-9-14-12(16)15-13(3)7-5-4-6-8-13/h9-11H,4-8H2,1-3H3,(H,14,15). The minimum Gasteiger partial charge on any atom is -0.350 e. The molecule has 3 heteroatoms. The zero-order chi connectivity index (χ0) is 11.6. The molecule has 1 aliphatic rings. The van der Waals surface area contributed by atoms with Gasteiger partial charge in [-0.25, -0.2) is 4.98 Å². The van der Waals surface area contributed by atoms with Gasteiger partial charge in [-0.05, 0) is 33.6 Å². The van der Waals surface area contributed by atoms with E-state index in [1.54, 1.807) is 0 Å². The van der Waals surface area contributed by atoms with Gasteiger partial charge in [0.2, 0.25) is 5.95 Å². The fourth-order valence-electron chi connectivity index (χ4n) is 2.55. The number of anilines is 1. The van der Waals surface area contributed by atoms with E-state index in [1.165, 1.54) is 32.1 Å². The first-order valence-corrected chi connectivity index (χ1v) is 6.42. The molecule has 0 saturated heterocycles. The molecule has 0 aromatic carbocycles. The van der Waals surface area contributed by atoms with Crippen LogP contribution in [-0.4, -0.2) is 15.1 Å². The Hall–Kier alpha value is -0.990. The lowest BCUT2D eigenvalue weighted by Crippen LogP contribution is -2.37. The molecule has 90 valence electrons. The van der Waals surface area contributed by atoms with Gasteiger partial charge in [-0.15, -0.1) is 0 Å². The Morgan fingerprint density at radius 2 is 2.00 bits per heavy atom. The molecule has 0 atom stereocenters. The zero-order valence-corrected chi connectivity index (χ0v) is 10.7. The topological polar surface area (TPSA) is 29.9 Å². The third kappa shape index (κ3) is 2.39. The summed E-state index contributed by atoms with van der Waals surface area (Å²) >= 11 is 0. The van der Waals surface area contributed by atoms with Crippen LogP contribution in [0.1, 0.15) is 58.9 Å². The highest BCUT2D eigenvalue weighted by molar-refractivity contribution is 5.31. The Kier molecular flexibility index (Phi) is 3.22. The van der Waals surface area contributed by atoms with Gasteiger partial charge in [-0.2, -0.15) is 0 Å². The molecule has 0 bridgehead atoms. The first-order chi connectivity index (χ1) is 7.61. The first kappa shape index (κ1) is 11.5. The van der Waals surface area contributed by atoms with E-state index in [1.807, 2.05) is 6.20 Å². The van der Waals surface area contributed by atoms with Gasteiger partial charge in [0.05, 0.1) is 0 Å². The van der Waals surface area contributed by atoms with Gasteiger partial charge in [0.15, 0.2) is 0 Å². The monoisotopic (exact) mass is 221 g/mol. The smallest absolute Gasteiger partial charge is 0.203 e. The first-order valence-electron chi connectivity index (χ1n) is 6.42. The Labute approximate surface area is 98.3 Å². The molecule has 0 amide bonds. The number of nitrogens with zero attached hydrogens (tertiary/aromatic N) is 2. The van der Waals surface area contributed by atoms with Crippen molar-refractivity contribution in [3.8, 4) is 0 Å². The highest BCUT2D eigenvalue weighted by atomic mass is 15.2. The van der Waals surface area contributed by atoms with Crippen LogP contribution >= 0.6 is 0 Å². The molecule has 1 saturated carbocycles. The molecule has 0 spiro atoms. The van der Waals surface area contributed by atoms with Gasteiger partial charge in [0, 0.05) is 24.0 Å². The third-order valence-corrected chi connectivity index (χ3v) is 3.60. The number of hydrogen-bond acceptors (Lipinski definition) is 2. The van der Waals surface area contributed by atoms with Crippen molar-refractivity contribution in [1.82, 2.24) is 9.55 Å². The van der Waals surface area contributed by atoms with Crippen LogP contribution in [0.25, 0.3) is 0 Å². The highest BCUT2D eigenvalue weighted by Gasteiger charge is 2.27. The second-order valence-electron chi connectivity index (χ2n) is 5.50. The summed E-state index contributed by atoms with van der Waals surface area (Å²) in [6.07, 6.45) is 10.5. The van der Waals surface area contributed by atoms with E-state index in [0.717, 1.165) is 5.95 Å². The summed E-state index contributed by atoms with van der Waals surface area (Å²) in [6.45, 7) is 6.71. The van der Waals surface area contributed by atoms with Crippen molar-refractivity contribution < 1.29 is 0 Å². The van der Waals surface area contributed by atoms with Gasteiger partial charge >= 0.3 is 0 Å². The van der Waals surface area contributed by atoms with E-state index in [9.17, 15) is 0 Å². The van der Waals surface area contributed by atoms with Gasteiger partial charge in [0.1, 0.15) is 0 Å². The van der Waals surface area contributed by atoms with E-state index in [2.05, 4.69) is 41.8 Å². The van der Waals surface area contributed by atoms with Gasteiger partial charge in [-0.3, -0.25) is 0 Å². The van der Waals surface area contributed by atoms with Gasteiger partial charge in [0.25, 0.3) is 0 Å². The van der Waals surface area contributed by atoms with Crippen molar-refractivity contribution in [3.63, 3.8) is 0 Å². The minimum absolute atomic E-state index is 0.246. The molecular weight excluding hydrogens is 198 g/mol. The Balaban J connectivity index is 2.10. The highest BCUT2D eigenvalue weighted by Crippen LogP contribution is 2.31. The van der Waals surface area contributed by atoms with Crippen LogP contribution in [0.15, 0.2) is 12.4 Å². The number of imidazole rings is 1. The predicted octanol–water partition coefficient (Wildman–Crippen LogP) is 3.60. The Bertz CT molecular complexity index is 335. The molecule has 16 heavy (non-hydrogen) atoms. The molecule has 3 nitrogen and oxygen atoms in total. The molecule has 0 unspecified atom stereocenters. The summed E-state index contributed by atoms with van der Waals surface area (Å²) in [7, 11) is 0. The Morgan fingerprint density at radius 3 is 2.62 bits per heavy atom. The van der Waals surface area contributed by atoms with Crippen LogP contribution in [-0.2, 0) is 0 Å². The normalized spacial score (nSPS) is 20.0. The van der Waals surface area contributed by atoms with Crippen molar-refractivity contribution >= 4 is 5.95 Å². The summed E-state index contributed by atoms with van der Waals surface area (Å²) < 4.78 is 2.21. The van der Waals surface area contributed by atoms with Gasteiger partial charge in [-0.1, -0.05) is 19.3 Å². The molecule has 1 fully saturated rings. The van der Waals surface area contributed by atoms with E-state index in [4.69, 9.17) is 0 Å². The molecule has 0 radical (unpaired) electrons. The van der Waals surface area contributed by atoms with Crippen molar-refractivity contribution in [2.75, 3.05) is 5.32 Å². The second-order valence-corrected chi connectivity index (χ2v) is 5.50. The lowest BCUT2D eigenvalue weighted by atomic mass is 9.83. The van der Waals surface area contributed by atoms with E-state index in [-0.39, 0.29) is 5.54 Å². The van der Waals surface area contributed by atoms with Crippen molar-refractivity contribution in [2.24, 2.45) is 0 Å². The number of nitrogens with one attached hydrogen (secondary N) is 1. The molecule has 1 N–H and O–H groups in total. The fraction of sp³-hybridized carbons (Fsp3) is 0.769. The summed E-state index contributed by atoms with van der Waals surface area (Å²) in [6, 6.07) is 0.470. The average molecular weight is 221 g/mol. The largest absolute Gasteiger partial charge is 0.350 e. The molecule has 1 aromatic rings. The number of aromatic nitrogens is 2. The number of hydrogen-bond donors (Lipinski definition) is 1. The van der Waals surface area contributed by atoms with Crippen LogP contribution in [0.5, 0.6) is 0 Å². The van der Waals surface area contributed by atoms with E-state index in [0.29, 0.717) is 6.04 Å². The van der Waals surface area contributed by atoms with Gasteiger partial charge < -0.3 is 9.88 Å². The fourth-order valence-corrected chi connectivity index (χ4v) is 2.55. The van der Waals surface area contributed by atoms with Crippen LogP contribution in [0.4, 0.5) is 5.95 Å². The maximum atomic E-state index is 4.43. The average Bonchev–Trinajstić information content (AvgIpc) is 2.66. The van der Waals surface area contributed by atoms with E-state index >= 15 is 0 Å². The lowest BCUT2D eigenvalue weighted by molar-refractivity contribution is 0.345. The summed E-state index contributed by atoms with van der Waals surface area (Å²) in [5.74, 6) is 1.03. The summed E-state index contributed by atoms with van der Waals surface area (Å²) in [4.78, 5) is 4.43. The molecule has 0 aliphatic heterocycles.